The van der Waals surface area contributed by atoms with Crippen LogP contribution < -0.4 is 10.1 Å². The number of hydrogen-bond donors (Lipinski definition) is 1. The molecule has 122 valence electrons. The Kier molecular flexibility index (Phi) is 6.19. The van der Waals surface area contributed by atoms with Gasteiger partial charge < -0.3 is 15.0 Å². The number of methoxy groups -OCH3 is 1. The molecule has 1 N–H and O–H groups in total. The molecule has 0 aliphatic rings. The van der Waals surface area contributed by atoms with Crippen molar-refractivity contribution in [1.82, 2.24) is 10.2 Å². The van der Waals surface area contributed by atoms with Crippen LogP contribution in [-0.2, 0) is 13.1 Å². The summed E-state index contributed by atoms with van der Waals surface area (Å²) >= 11 is 11.4. The van der Waals surface area contributed by atoms with Crippen LogP contribution in [0.3, 0.4) is 0 Å². The molecular formula is C17H18ClFN2OS. The van der Waals surface area contributed by atoms with Crippen molar-refractivity contribution >= 4 is 28.9 Å². The van der Waals surface area contributed by atoms with E-state index in [2.05, 4.69) is 5.32 Å². The first-order chi connectivity index (χ1) is 11.0. The number of benzene rings is 2. The van der Waals surface area contributed by atoms with Crippen LogP contribution in [0.5, 0.6) is 5.75 Å². The highest BCUT2D eigenvalue weighted by Gasteiger charge is 2.10. The van der Waals surface area contributed by atoms with Crippen molar-refractivity contribution in [1.29, 1.82) is 0 Å². The lowest BCUT2D eigenvalue weighted by atomic mass is 10.2. The van der Waals surface area contributed by atoms with E-state index >= 15 is 0 Å². The van der Waals surface area contributed by atoms with Crippen molar-refractivity contribution in [2.45, 2.75) is 13.1 Å². The minimum atomic E-state index is -0.249. The van der Waals surface area contributed by atoms with E-state index in [1.165, 1.54) is 12.1 Å². The van der Waals surface area contributed by atoms with Crippen LogP contribution in [0.2, 0.25) is 5.02 Å². The highest BCUT2D eigenvalue weighted by atomic mass is 35.5. The van der Waals surface area contributed by atoms with Gasteiger partial charge in [0.15, 0.2) is 5.11 Å². The zero-order valence-corrected chi connectivity index (χ0v) is 14.5. The Morgan fingerprint density at radius 2 is 1.96 bits per heavy atom. The van der Waals surface area contributed by atoms with Crippen molar-refractivity contribution < 1.29 is 9.13 Å². The molecule has 2 aromatic rings. The van der Waals surface area contributed by atoms with E-state index in [9.17, 15) is 4.39 Å². The summed E-state index contributed by atoms with van der Waals surface area (Å²) in [5.41, 5.74) is 1.91. The number of halogens is 2. The number of rotatable bonds is 5. The molecule has 0 unspecified atom stereocenters. The highest BCUT2D eigenvalue weighted by molar-refractivity contribution is 7.80. The minimum Gasteiger partial charge on any atom is -0.496 e. The van der Waals surface area contributed by atoms with Crippen LogP contribution >= 0.6 is 23.8 Å². The topological polar surface area (TPSA) is 24.5 Å². The Hall–Kier alpha value is -1.85. The molecule has 0 aromatic heterocycles. The fourth-order valence-corrected chi connectivity index (χ4v) is 2.44. The van der Waals surface area contributed by atoms with Crippen LogP contribution in [-0.4, -0.2) is 24.2 Å². The van der Waals surface area contributed by atoms with Gasteiger partial charge in [-0.15, -0.1) is 0 Å². The molecule has 0 amide bonds. The van der Waals surface area contributed by atoms with Gasteiger partial charge in [-0.1, -0.05) is 23.7 Å². The Morgan fingerprint density at radius 1 is 1.26 bits per heavy atom. The molecule has 0 bridgehead atoms. The number of nitrogens with one attached hydrogen (secondary N) is 1. The van der Waals surface area contributed by atoms with Gasteiger partial charge in [0.1, 0.15) is 11.6 Å². The lowest BCUT2D eigenvalue weighted by Gasteiger charge is -2.22. The summed E-state index contributed by atoms with van der Waals surface area (Å²) in [6, 6.07) is 11.8. The van der Waals surface area contributed by atoms with Gasteiger partial charge in [-0.25, -0.2) is 4.39 Å². The number of thiocarbonyl (C=S) groups is 1. The molecule has 0 aliphatic heterocycles. The van der Waals surface area contributed by atoms with Crippen LogP contribution in [0.1, 0.15) is 11.1 Å². The van der Waals surface area contributed by atoms with Gasteiger partial charge in [0.25, 0.3) is 0 Å². The normalized spacial score (nSPS) is 10.3. The molecule has 0 spiro atoms. The first-order valence-electron chi connectivity index (χ1n) is 7.05. The molecule has 6 heteroatoms. The standard InChI is InChI=1S/C17H18ClFN2OS/c1-21(11-13-9-14(18)5-8-16(13)22-2)17(23)20-10-12-3-6-15(19)7-4-12/h3-9H,10-11H2,1-2H3,(H,20,23). The van der Waals surface area contributed by atoms with Crippen molar-refractivity contribution in [2.24, 2.45) is 0 Å². The second-order valence-electron chi connectivity index (χ2n) is 5.10. The maximum absolute atomic E-state index is 12.9. The Labute approximate surface area is 146 Å². The van der Waals surface area contributed by atoms with Gasteiger partial charge in [-0.2, -0.15) is 0 Å². The Morgan fingerprint density at radius 3 is 2.61 bits per heavy atom. The maximum Gasteiger partial charge on any atom is 0.169 e. The van der Waals surface area contributed by atoms with E-state index in [1.54, 1.807) is 25.3 Å². The zero-order valence-electron chi connectivity index (χ0n) is 13.0. The monoisotopic (exact) mass is 352 g/mol. The van der Waals surface area contributed by atoms with E-state index in [0.717, 1.165) is 16.9 Å². The lowest BCUT2D eigenvalue weighted by Crippen LogP contribution is -2.36. The van der Waals surface area contributed by atoms with Crippen LogP contribution in [0, 0.1) is 5.82 Å². The van der Waals surface area contributed by atoms with E-state index in [1.807, 2.05) is 24.1 Å². The molecular weight excluding hydrogens is 335 g/mol. The molecule has 23 heavy (non-hydrogen) atoms. The summed E-state index contributed by atoms with van der Waals surface area (Å²) in [5, 5.41) is 4.40. The second kappa shape index (κ2) is 8.13. The van der Waals surface area contributed by atoms with Gasteiger partial charge in [0.2, 0.25) is 0 Å². The van der Waals surface area contributed by atoms with Crippen LogP contribution in [0.15, 0.2) is 42.5 Å². The summed E-state index contributed by atoms with van der Waals surface area (Å²) < 4.78 is 18.2. The average molecular weight is 353 g/mol. The van der Waals surface area contributed by atoms with Gasteiger partial charge >= 0.3 is 0 Å². The van der Waals surface area contributed by atoms with E-state index < -0.39 is 0 Å². The first kappa shape index (κ1) is 17.5. The summed E-state index contributed by atoms with van der Waals surface area (Å²) in [6.45, 7) is 1.11. The molecule has 0 aliphatic carbocycles. The summed E-state index contributed by atoms with van der Waals surface area (Å²) in [6.07, 6.45) is 0. The fraction of sp³-hybridized carbons (Fsp3) is 0.235. The second-order valence-corrected chi connectivity index (χ2v) is 5.92. The molecule has 0 atom stereocenters. The fourth-order valence-electron chi connectivity index (χ4n) is 2.11. The molecule has 0 radical (unpaired) electrons. The highest BCUT2D eigenvalue weighted by Crippen LogP contribution is 2.23. The zero-order chi connectivity index (χ0) is 16.8. The van der Waals surface area contributed by atoms with E-state index in [0.29, 0.717) is 23.2 Å². The third kappa shape index (κ3) is 5.08. The van der Waals surface area contributed by atoms with Gasteiger partial charge in [-0.3, -0.25) is 0 Å². The first-order valence-corrected chi connectivity index (χ1v) is 7.84. The molecule has 3 nitrogen and oxygen atoms in total. The molecule has 0 heterocycles. The van der Waals surface area contributed by atoms with Crippen molar-refractivity contribution in [3.05, 3.63) is 64.4 Å². The predicted molar refractivity (Wildman–Crippen MR) is 95.3 cm³/mol. The number of nitrogens with zero attached hydrogens (tertiary/aromatic N) is 1. The molecule has 0 saturated carbocycles. The largest absolute Gasteiger partial charge is 0.496 e. The summed E-state index contributed by atoms with van der Waals surface area (Å²) in [5.74, 6) is 0.518. The van der Waals surface area contributed by atoms with Gasteiger partial charge in [-0.05, 0) is 48.1 Å². The smallest absolute Gasteiger partial charge is 0.169 e. The summed E-state index contributed by atoms with van der Waals surface area (Å²) in [4.78, 5) is 1.90. The summed E-state index contributed by atoms with van der Waals surface area (Å²) in [7, 11) is 3.51. The van der Waals surface area contributed by atoms with Crippen molar-refractivity contribution in [3.8, 4) is 5.75 Å². The number of hydrogen-bond acceptors (Lipinski definition) is 2. The number of ether oxygens (including phenoxy) is 1. The Balaban J connectivity index is 1.94. The van der Waals surface area contributed by atoms with Crippen LogP contribution in [0.4, 0.5) is 4.39 Å². The average Bonchev–Trinajstić information content (AvgIpc) is 2.54. The molecule has 0 fully saturated rings. The predicted octanol–water partition coefficient (Wildman–Crippen LogP) is 3.99. The third-order valence-electron chi connectivity index (χ3n) is 3.35. The molecule has 2 aromatic carbocycles. The SMILES string of the molecule is COc1ccc(Cl)cc1CN(C)C(=S)NCc1ccc(F)cc1. The van der Waals surface area contributed by atoms with E-state index in [4.69, 9.17) is 28.6 Å². The minimum absolute atomic E-state index is 0.249. The molecule has 0 saturated heterocycles. The Bertz CT molecular complexity index is 679. The third-order valence-corrected chi connectivity index (χ3v) is 4.04. The van der Waals surface area contributed by atoms with Crippen LogP contribution in [0.25, 0.3) is 0 Å². The van der Waals surface area contributed by atoms with Gasteiger partial charge in [0, 0.05) is 30.7 Å². The molecule has 2 rings (SSSR count). The van der Waals surface area contributed by atoms with Crippen molar-refractivity contribution in [2.75, 3.05) is 14.2 Å². The quantitative estimate of drug-likeness (QED) is 0.822. The van der Waals surface area contributed by atoms with E-state index in [-0.39, 0.29) is 5.82 Å². The van der Waals surface area contributed by atoms with Gasteiger partial charge in [0.05, 0.1) is 7.11 Å². The maximum atomic E-state index is 12.9. The lowest BCUT2D eigenvalue weighted by molar-refractivity contribution is 0.397. The van der Waals surface area contributed by atoms with Crippen molar-refractivity contribution in [3.63, 3.8) is 0 Å².